The number of hydrogen-bond acceptors (Lipinski definition) is 3. The van der Waals surface area contributed by atoms with E-state index in [1.165, 1.54) is 6.92 Å². The van der Waals surface area contributed by atoms with Gasteiger partial charge in [0.05, 0.1) is 6.54 Å². The van der Waals surface area contributed by atoms with Crippen molar-refractivity contribution in [2.75, 3.05) is 18.1 Å². The van der Waals surface area contributed by atoms with Gasteiger partial charge in [0.2, 0.25) is 5.91 Å². The number of pyridine rings is 1. The molecule has 5 heteroatoms. The molecule has 84 valence electrons. The Balaban J connectivity index is 2.49. The number of amides is 1. The maximum Gasteiger partial charge on any atom is 0.225 e. The Bertz CT molecular complexity index is 459. The zero-order valence-corrected chi connectivity index (χ0v) is 10.5. The first kappa shape index (κ1) is 11.1. The van der Waals surface area contributed by atoms with Crippen molar-refractivity contribution < 1.29 is 9.53 Å². The highest BCUT2D eigenvalue weighted by Gasteiger charge is 2.22. The molecule has 1 aliphatic rings. The van der Waals surface area contributed by atoms with Gasteiger partial charge in [-0.05, 0) is 27.6 Å². The van der Waals surface area contributed by atoms with Crippen LogP contribution in [0.4, 0.5) is 5.82 Å². The topological polar surface area (TPSA) is 42.4 Å². The fourth-order valence-corrected chi connectivity index (χ4v) is 1.82. The van der Waals surface area contributed by atoms with Gasteiger partial charge < -0.3 is 4.74 Å². The molecule has 2 rings (SSSR count). The van der Waals surface area contributed by atoms with E-state index in [1.807, 2.05) is 0 Å². The van der Waals surface area contributed by atoms with Crippen LogP contribution in [-0.2, 0) is 4.79 Å². The molecule has 0 N–H and O–H groups in total. The van der Waals surface area contributed by atoms with E-state index in [9.17, 15) is 4.79 Å². The molecule has 1 aliphatic heterocycles. The molecule has 0 bridgehead atoms. The van der Waals surface area contributed by atoms with Crippen LogP contribution in [0.3, 0.4) is 0 Å². The zero-order chi connectivity index (χ0) is 11.7. The number of nitrogens with zero attached hydrogens (tertiary/aromatic N) is 2. The van der Waals surface area contributed by atoms with Gasteiger partial charge in [-0.1, -0.05) is 6.58 Å². The predicted octanol–water partition coefficient (Wildman–Crippen LogP) is 2.15. The van der Waals surface area contributed by atoms with Crippen molar-refractivity contribution in [3.8, 4) is 5.75 Å². The molecule has 0 saturated heterocycles. The number of anilines is 1. The standard InChI is InChI=1S/C11H11BrN2O2/c1-7-5-14(8(2)15)11-10(16-6-7)3-9(12)4-13-11/h3-4H,1,5-6H2,2H3. The van der Waals surface area contributed by atoms with Gasteiger partial charge >= 0.3 is 0 Å². The van der Waals surface area contributed by atoms with E-state index in [0.717, 1.165) is 10.0 Å². The third kappa shape index (κ3) is 2.09. The highest BCUT2D eigenvalue weighted by Crippen LogP contribution is 2.31. The summed E-state index contributed by atoms with van der Waals surface area (Å²) in [5.41, 5.74) is 0.851. The molecule has 0 fully saturated rings. The van der Waals surface area contributed by atoms with Crippen LogP contribution in [0.15, 0.2) is 28.9 Å². The van der Waals surface area contributed by atoms with Gasteiger partial charge in [0.25, 0.3) is 0 Å². The lowest BCUT2D eigenvalue weighted by Gasteiger charge is -2.18. The molecule has 0 spiro atoms. The second-order valence-electron chi connectivity index (χ2n) is 3.62. The summed E-state index contributed by atoms with van der Waals surface area (Å²) in [5.74, 6) is 1.08. The van der Waals surface area contributed by atoms with E-state index in [4.69, 9.17) is 4.74 Å². The molecule has 0 saturated carbocycles. The quantitative estimate of drug-likeness (QED) is 0.685. The van der Waals surface area contributed by atoms with E-state index in [-0.39, 0.29) is 5.91 Å². The van der Waals surface area contributed by atoms with Gasteiger partial charge in [0.1, 0.15) is 6.61 Å². The number of rotatable bonds is 0. The van der Waals surface area contributed by atoms with E-state index in [1.54, 1.807) is 17.2 Å². The molecule has 0 unspecified atom stereocenters. The Morgan fingerprint density at radius 3 is 3.12 bits per heavy atom. The molecule has 1 amide bonds. The van der Waals surface area contributed by atoms with E-state index in [0.29, 0.717) is 24.7 Å². The summed E-state index contributed by atoms with van der Waals surface area (Å²) in [6, 6.07) is 1.80. The number of carbonyl (C=O) groups excluding carboxylic acids is 1. The van der Waals surface area contributed by atoms with Crippen molar-refractivity contribution in [2.24, 2.45) is 0 Å². The van der Waals surface area contributed by atoms with Crippen LogP contribution in [0.2, 0.25) is 0 Å². The minimum absolute atomic E-state index is 0.0669. The Kier molecular flexibility index (Phi) is 2.96. The fraction of sp³-hybridized carbons (Fsp3) is 0.273. The smallest absolute Gasteiger partial charge is 0.225 e. The SMILES string of the molecule is C=C1COc2cc(Br)cnc2N(C(C)=O)C1. The highest BCUT2D eigenvalue weighted by atomic mass is 79.9. The van der Waals surface area contributed by atoms with Gasteiger partial charge in [-0.25, -0.2) is 4.98 Å². The first-order valence-electron chi connectivity index (χ1n) is 4.81. The maximum absolute atomic E-state index is 11.5. The summed E-state index contributed by atoms with van der Waals surface area (Å²) in [6.07, 6.45) is 1.65. The Hall–Kier alpha value is -1.36. The number of halogens is 1. The van der Waals surface area contributed by atoms with Crippen molar-refractivity contribution in [1.29, 1.82) is 0 Å². The molecule has 1 aromatic rings. The largest absolute Gasteiger partial charge is 0.485 e. The third-order valence-electron chi connectivity index (χ3n) is 2.25. The maximum atomic E-state index is 11.5. The summed E-state index contributed by atoms with van der Waals surface area (Å²) < 4.78 is 6.36. The first-order valence-corrected chi connectivity index (χ1v) is 5.60. The lowest BCUT2D eigenvalue weighted by molar-refractivity contribution is -0.116. The van der Waals surface area contributed by atoms with Crippen LogP contribution in [0.25, 0.3) is 0 Å². The second kappa shape index (κ2) is 4.25. The molecule has 0 aliphatic carbocycles. The number of hydrogen-bond donors (Lipinski definition) is 0. The fourth-order valence-electron chi connectivity index (χ4n) is 1.51. The molecular weight excluding hydrogens is 272 g/mol. The molecule has 16 heavy (non-hydrogen) atoms. The highest BCUT2D eigenvalue weighted by molar-refractivity contribution is 9.10. The summed E-state index contributed by atoms with van der Waals surface area (Å²) in [6.45, 7) is 6.23. The summed E-state index contributed by atoms with van der Waals surface area (Å²) in [5, 5.41) is 0. The monoisotopic (exact) mass is 282 g/mol. The number of aromatic nitrogens is 1. The first-order chi connectivity index (χ1) is 7.58. The Morgan fingerprint density at radius 2 is 2.44 bits per heavy atom. The van der Waals surface area contributed by atoms with Crippen molar-refractivity contribution in [3.63, 3.8) is 0 Å². The molecule has 0 radical (unpaired) electrons. The molecule has 2 heterocycles. The predicted molar refractivity (Wildman–Crippen MR) is 64.6 cm³/mol. The number of ether oxygens (including phenoxy) is 1. The van der Waals surface area contributed by atoms with Gasteiger partial charge in [-0.3, -0.25) is 9.69 Å². The zero-order valence-electron chi connectivity index (χ0n) is 8.86. The molecular formula is C11H11BrN2O2. The number of fused-ring (bicyclic) bond motifs is 1. The Morgan fingerprint density at radius 1 is 1.69 bits per heavy atom. The van der Waals surface area contributed by atoms with Crippen LogP contribution in [0.1, 0.15) is 6.92 Å². The second-order valence-corrected chi connectivity index (χ2v) is 4.53. The third-order valence-corrected chi connectivity index (χ3v) is 2.68. The normalized spacial score (nSPS) is 15.1. The minimum Gasteiger partial charge on any atom is -0.485 e. The summed E-state index contributed by atoms with van der Waals surface area (Å²) in [4.78, 5) is 17.3. The van der Waals surface area contributed by atoms with Gasteiger partial charge in [-0.15, -0.1) is 0 Å². The molecule has 1 aromatic heterocycles. The molecule has 0 aromatic carbocycles. The number of carbonyl (C=O) groups is 1. The van der Waals surface area contributed by atoms with Crippen molar-refractivity contribution in [3.05, 3.63) is 28.9 Å². The van der Waals surface area contributed by atoms with Gasteiger partial charge in [0, 0.05) is 17.6 Å². The lowest BCUT2D eigenvalue weighted by atomic mass is 10.3. The van der Waals surface area contributed by atoms with Crippen LogP contribution in [0, 0.1) is 0 Å². The average Bonchev–Trinajstić information content (AvgIpc) is 2.38. The minimum atomic E-state index is -0.0669. The van der Waals surface area contributed by atoms with Crippen molar-refractivity contribution in [1.82, 2.24) is 4.98 Å². The van der Waals surface area contributed by atoms with Crippen LogP contribution < -0.4 is 9.64 Å². The summed E-state index contributed by atoms with van der Waals surface area (Å²) in [7, 11) is 0. The van der Waals surface area contributed by atoms with E-state index >= 15 is 0 Å². The Labute approximate surface area is 102 Å². The van der Waals surface area contributed by atoms with Crippen LogP contribution in [0.5, 0.6) is 5.75 Å². The average molecular weight is 283 g/mol. The van der Waals surface area contributed by atoms with Crippen LogP contribution >= 0.6 is 15.9 Å². The van der Waals surface area contributed by atoms with Gasteiger partial charge in [-0.2, -0.15) is 0 Å². The lowest BCUT2D eigenvalue weighted by Crippen LogP contribution is -2.30. The van der Waals surface area contributed by atoms with Crippen molar-refractivity contribution >= 4 is 27.7 Å². The molecule has 4 nitrogen and oxygen atoms in total. The van der Waals surface area contributed by atoms with Crippen molar-refractivity contribution in [2.45, 2.75) is 6.92 Å². The van der Waals surface area contributed by atoms with E-state index < -0.39 is 0 Å². The van der Waals surface area contributed by atoms with E-state index in [2.05, 4.69) is 27.5 Å². The molecule has 0 atom stereocenters. The van der Waals surface area contributed by atoms with Gasteiger partial charge in [0.15, 0.2) is 11.6 Å². The summed E-state index contributed by atoms with van der Waals surface area (Å²) >= 11 is 3.32. The van der Waals surface area contributed by atoms with Crippen LogP contribution in [-0.4, -0.2) is 24.0 Å².